The van der Waals surface area contributed by atoms with Crippen LogP contribution in [-0.2, 0) is 13.2 Å². The largest absolute Gasteiger partial charge is 0.489 e. The molecular weight excluding hydrogens is 387 g/mol. The zero-order valence-corrected chi connectivity index (χ0v) is 17.1. The van der Waals surface area contributed by atoms with E-state index in [4.69, 9.17) is 9.47 Å². The molecule has 3 heteroatoms. The predicted molar refractivity (Wildman–Crippen MR) is 123 cm³/mol. The second-order valence-electron chi connectivity index (χ2n) is 7.13. The van der Waals surface area contributed by atoms with Gasteiger partial charge in [-0.15, -0.1) is 0 Å². The van der Waals surface area contributed by atoms with Gasteiger partial charge in [-0.2, -0.15) is 0 Å². The maximum atomic E-state index is 13.2. The molecule has 0 atom stereocenters. The SMILES string of the molecule is Fc1ccc(/C=C/c2ccc(OCc3ccccc3)cc2OCc2ccccc2)cc1. The Hall–Kier alpha value is -3.85. The van der Waals surface area contributed by atoms with Crippen LogP contribution in [0.3, 0.4) is 0 Å². The minimum Gasteiger partial charge on any atom is -0.489 e. The number of ether oxygens (including phenoxy) is 2. The highest BCUT2D eigenvalue weighted by Crippen LogP contribution is 2.28. The summed E-state index contributed by atoms with van der Waals surface area (Å²) in [4.78, 5) is 0. The van der Waals surface area contributed by atoms with E-state index < -0.39 is 0 Å². The summed E-state index contributed by atoms with van der Waals surface area (Å²) in [5, 5.41) is 0. The second-order valence-corrected chi connectivity index (χ2v) is 7.13. The normalized spacial score (nSPS) is 10.9. The molecule has 0 saturated heterocycles. The molecule has 2 nitrogen and oxygen atoms in total. The Morgan fingerprint density at radius 2 is 1.23 bits per heavy atom. The molecule has 31 heavy (non-hydrogen) atoms. The van der Waals surface area contributed by atoms with Crippen molar-refractivity contribution in [2.75, 3.05) is 0 Å². The first-order valence-electron chi connectivity index (χ1n) is 10.2. The Balaban J connectivity index is 1.54. The summed E-state index contributed by atoms with van der Waals surface area (Å²) in [5.74, 6) is 1.22. The van der Waals surface area contributed by atoms with Crippen molar-refractivity contribution in [3.63, 3.8) is 0 Å². The molecule has 154 valence electrons. The molecule has 0 heterocycles. The van der Waals surface area contributed by atoms with Crippen LogP contribution in [0.4, 0.5) is 4.39 Å². The summed E-state index contributed by atoms with van der Waals surface area (Å²) in [5.41, 5.74) is 4.04. The van der Waals surface area contributed by atoms with Crippen LogP contribution in [-0.4, -0.2) is 0 Å². The average Bonchev–Trinajstić information content (AvgIpc) is 2.83. The first kappa shape index (κ1) is 20.4. The molecule has 0 aliphatic rings. The standard InChI is InChI=1S/C28H23FO2/c29-26-16-12-22(13-17-26)11-14-25-15-18-27(30-20-23-7-3-1-4-8-23)19-28(25)31-21-24-9-5-2-6-10-24/h1-19H,20-21H2/b14-11+. The van der Waals surface area contributed by atoms with E-state index in [2.05, 4.69) is 0 Å². The van der Waals surface area contributed by atoms with E-state index in [1.54, 1.807) is 12.1 Å². The summed E-state index contributed by atoms with van der Waals surface area (Å²) in [7, 11) is 0. The molecule has 0 aliphatic heterocycles. The van der Waals surface area contributed by atoms with Gasteiger partial charge < -0.3 is 9.47 Å². The van der Waals surface area contributed by atoms with Gasteiger partial charge in [-0.3, -0.25) is 0 Å². The fourth-order valence-electron chi connectivity index (χ4n) is 3.10. The van der Waals surface area contributed by atoms with Crippen LogP contribution in [0.15, 0.2) is 103 Å². The van der Waals surface area contributed by atoms with Crippen molar-refractivity contribution in [3.05, 3.63) is 131 Å². The Morgan fingerprint density at radius 3 is 1.87 bits per heavy atom. The van der Waals surface area contributed by atoms with Crippen molar-refractivity contribution >= 4 is 12.2 Å². The van der Waals surface area contributed by atoms with Crippen molar-refractivity contribution < 1.29 is 13.9 Å². The summed E-state index contributed by atoms with van der Waals surface area (Å²) >= 11 is 0. The van der Waals surface area contributed by atoms with Crippen molar-refractivity contribution in [1.82, 2.24) is 0 Å². The average molecular weight is 410 g/mol. The molecule has 0 fully saturated rings. The fourth-order valence-corrected chi connectivity index (χ4v) is 3.10. The van der Waals surface area contributed by atoms with Crippen LogP contribution in [0, 0.1) is 5.82 Å². The fraction of sp³-hybridized carbons (Fsp3) is 0.0714. The van der Waals surface area contributed by atoms with Crippen LogP contribution < -0.4 is 9.47 Å². The molecule has 0 spiro atoms. The van der Waals surface area contributed by atoms with E-state index in [1.807, 2.05) is 91.0 Å². The van der Waals surface area contributed by atoms with Crippen molar-refractivity contribution in [2.45, 2.75) is 13.2 Å². The summed E-state index contributed by atoms with van der Waals surface area (Å²) in [6.07, 6.45) is 3.91. The lowest BCUT2D eigenvalue weighted by atomic mass is 10.1. The third-order valence-electron chi connectivity index (χ3n) is 4.80. The van der Waals surface area contributed by atoms with Crippen molar-refractivity contribution in [1.29, 1.82) is 0 Å². The zero-order chi connectivity index (χ0) is 21.3. The molecule has 0 aliphatic carbocycles. The molecule has 0 bridgehead atoms. The van der Waals surface area contributed by atoms with E-state index in [0.717, 1.165) is 33.8 Å². The van der Waals surface area contributed by atoms with Gasteiger partial charge >= 0.3 is 0 Å². The number of benzene rings is 4. The van der Waals surface area contributed by atoms with Gasteiger partial charge in [0.25, 0.3) is 0 Å². The van der Waals surface area contributed by atoms with E-state index in [-0.39, 0.29) is 5.82 Å². The molecule has 4 rings (SSSR count). The van der Waals surface area contributed by atoms with E-state index >= 15 is 0 Å². The highest BCUT2D eigenvalue weighted by Gasteiger charge is 2.06. The van der Waals surface area contributed by atoms with Crippen molar-refractivity contribution in [2.24, 2.45) is 0 Å². The molecule has 0 saturated carbocycles. The molecule has 0 radical (unpaired) electrons. The minimum absolute atomic E-state index is 0.246. The summed E-state index contributed by atoms with van der Waals surface area (Å²) in [6, 6.07) is 32.3. The van der Waals surface area contributed by atoms with Crippen LogP contribution in [0.25, 0.3) is 12.2 Å². The molecule has 4 aromatic rings. The molecular formula is C28H23FO2. The third kappa shape index (κ3) is 6.06. The van der Waals surface area contributed by atoms with Gasteiger partial charge in [-0.25, -0.2) is 4.39 Å². The van der Waals surface area contributed by atoms with E-state index in [1.165, 1.54) is 12.1 Å². The first-order chi connectivity index (χ1) is 15.3. The van der Waals surface area contributed by atoms with Gasteiger partial charge in [0.05, 0.1) is 0 Å². The van der Waals surface area contributed by atoms with Gasteiger partial charge in [0.1, 0.15) is 30.5 Å². The number of halogens is 1. The molecule has 0 aromatic heterocycles. The molecule has 0 unspecified atom stereocenters. The summed E-state index contributed by atoms with van der Waals surface area (Å²) < 4.78 is 25.3. The highest BCUT2D eigenvalue weighted by molar-refractivity contribution is 5.73. The van der Waals surface area contributed by atoms with Gasteiger partial charge in [0.2, 0.25) is 0 Å². The van der Waals surface area contributed by atoms with Gasteiger partial charge in [0.15, 0.2) is 0 Å². The molecule has 0 amide bonds. The van der Waals surface area contributed by atoms with Gasteiger partial charge in [-0.05, 0) is 41.0 Å². The Kier molecular flexibility index (Phi) is 6.76. The van der Waals surface area contributed by atoms with Crippen LogP contribution >= 0.6 is 0 Å². The number of rotatable bonds is 8. The minimum atomic E-state index is -0.246. The maximum absolute atomic E-state index is 13.2. The summed E-state index contributed by atoms with van der Waals surface area (Å²) in [6.45, 7) is 0.949. The quantitative estimate of drug-likeness (QED) is 0.287. The monoisotopic (exact) mass is 410 g/mol. The smallest absolute Gasteiger partial charge is 0.130 e. The third-order valence-corrected chi connectivity index (χ3v) is 4.80. The van der Waals surface area contributed by atoms with E-state index in [9.17, 15) is 4.39 Å². The number of hydrogen-bond donors (Lipinski definition) is 0. The van der Waals surface area contributed by atoms with Crippen LogP contribution in [0.1, 0.15) is 22.3 Å². The maximum Gasteiger partial charge on any atom is 0.130 e. The van der Waals surface area contributed by atoms with Gasteiger partial charge in [0, 0.05) is 11.6 Å². The highest BCUT2D eigenvalue weighted by atomic mass is 19.1. The predicted octanol–water partition coefficient (Wildman–Crippen LogP) is 7.15. The van der Waals surface area contributed by atoms with Crippen LogP contribution in [0.5, 0.6) is 11.5 Å². The topological polar surface area (TPSA) is 18.5 Å². The lowest BCUT2D eigenvalue weighted by Gasteiger charge is -2.13. The lowest BCUT2D eigenvalue weighted by molar-refractivity contribution is 0.289. The Morgan fingerprint density at radius 1 is 0.613 bits per heavy atom. The second kappa shape index (κ2) is 10.3. The first-order valence-corrected chi connectivity index (χ1v) is 10.2. The Bertz CT molecular complexity index is 1120. The molecule has 0 N–H and O–H groups in total. The van der Waals surface area contributed by atoms with Crippen molar-refractivity contribution in [3.8, 4) is 11.5 Å². The zero-order valence-electron chi connectivity index (χ0n) is 17.1. The number of hydrogen-bond acceptors (Lipinski definition) is 2. The Labute approximate surface area is 182 Å². The van der Waals surface area contributed by atoms with E-state index in [0.29, 0.717) is 13.2 Å². The van der Waals surface area contributed by atoms with Gasteiger partial charge in [-0.1, -0.05) is 84.9 Å². The van der Waals surface area contributed by atoms with Crippen LogP contribution in [0.2, 0.25) is 0 Å². The molecule has 4 aromatic carbocycles. The lowest BCUT2D eigenvalue weighted by Crippen LogP contribution is -1.99.